The van der Waals surface area contributed by atoms with Crippen LogP contribution in [0.3, 0.4) is 0 Å². The first-order valence-corrected chi connectivity index (χ1v) is 11.7. The van der Waals surface area contributed by atoms with Gasteiger partial charge in [0.15, 0.2) is 0 Å². The highest BCUT2D eigenvalue weighted by molar-refractivity contribution is 7.90. The van der Waals surface area contributed by atoms with Gasteiger partial charge in [-0.1, -0.05) is 18.2 Å². The molecule has 0 spiro atoms. The molecule has 0 aromatic heterocycles. The number of sulfonamides is 2. The van der Waals surface area contributed by atoms with E-state index >= 15 is 0 Å². The molecule has 0 aliphatic heterocycles. The van der Waals surface area contributed by atoms with Gasteiger partial charge < -0.3 is 0 Å². The lowest BCUT2D eigenvalue weighted by Gasteiger charge is -2.17. The van der Waals surface area contributed by atoms with Crippen LogP contribution in [0.25, 0.3) is 0 Å². The lowest BCUT2D eigenvalue weighted by Crippen LogP contribution is -2.28. The van der Waals surface area contributed by atoms with Crippen molar-refractivity contribution in [2.24, 2.45) is 0 Å². The fraction of sp³-hybridized carbons (Fsp3) is 0.333. The van der Waals surface area contributed by atoms with E-state index in [1.54, 1.807) is 0 Å². The molecule has 2 aromatic carbocycles. The standard InChI is InChI=1S/C18H19F3N2O4S2/c1-12(13-4-2-5-14(10-13)18(19,20)21)22-28(24,25)16-6-3-7-17(11-16)29(26,27)23-15-8-9-15/h2-7,10-12,15,22-23H,8-9H2,1H3. The molecule has 11 heteroatoms. The number of benzene rings is 2. The van der Waals surface area contributed by atoms with Gasteiger partial charge in [0.2, 0.25) is 20.0 Å². The van der Waals surface area contributed by atoms with Crippen molar-refractivity contribution in [2.45, 2.75) is 47.8 Å². The Bertz CT molecular complexity index is 1110. The number of hydrogen-bond donors (Lipinski definition) is 2. The highest BCUT2D eigenvalue weighted by atomic mass is 32.2. The van der Waals surface area contributed by atoms with Gasteiger partial charge in [-0.3, -0.25) is 0 Å². The molecule has 0 bridgehead atoms. The Morgan fingerprint density at radius 1 is 0.931 bits per heavy atom. The first kappa shape index (κ1) is 21.8. The highest BCUT2D eigenvalue weighted by Crippen LogP contribution is 2.31. The fourth-order valence-corrected chi connectivity index (χ4v) is 5.35. The SMILES string of the molecule is CC(NS(=O)(=O)c1cccc(S(=O)(=O)NC2CC2)c1)c1cccc(C(F)(F)F)c1. The topological polar surface area (TPSA) is 92.3 Å². The number of alkyl halides is 3. The molecule has 1 aliphatic rings. The maximum absolute atomic E-state index is 12.9. The molecule has 0 saturated heterocycles. The van der Waals surface area contributed by atoms with Crippen LogP contribution < -0.4 is 9.44 Å². The molecule has 1 unspecified atom stereocenters. The average Bonchev–Trinajstić information content (AvgIpc) is 3.44. The summed E-state index contributed by atoms with van der Waals surface area (Å²) < 4.78 is 93.3. The largest absolute Gasteiger partial charge is 0.416 e. The molecule has 3 rings (SSSR count). The molecular weight excluding hydrogens is 429 g/mol. The van der Waals surface area contributed by atoms with E-state index < -0.39 is 37.8 Å². The first-order valence-electron chi connectivity index (χ1n) is 8.70. The van der Waals surface area contributed by atoms with Crippen molar-refractivity contribution in [3.63, 3.8) is 0 Å². The Labute approximate surface area is 167 Å². The second-order valence-electron chi connectivity index (χ2n) is 6.84. The molecule has 2 aromatic rings. The van der Waals surface area contributed by atoms with Crippen LogP contribution in [0.1, 0.15) is 36.9 Å². The van der Waals surface area contributed by atoms with Gasteiger partial charge in [-0.2, -0.15) is 13.2 Å². The van der Waals surface area contributed by atoms with E-state index in [1.807, 2.05) is 0 Å². The molecule has 29 heavy (non-hydrogen) atoms. The van der Waals surface area contributed by atoms with E-state index in [2.05, 4.69) is 9.44 Å². The van der Waals surface area contributed by atoms with Crippen LogP contribution in [0.2, 0.25) is 0 Å². The number of hydrogen-bond acceptors (Lipinski definition) is 4. The molecular formula is C18H19F3N2O4S2. The minimum absolute atomic E-state index is 0.127. The van der Waals surface area contributed by atoms with Gasteiger partial charge in [-0.15, -0.1) is 0 Å². The van der Waals surface area contributed by atoms with E-state index in [1.165, 1.54) is 37.3 Å². The number of rotatable bonds is 7. The van der Waals surface area contributed by atoms with Gasteiger partial charge in [-0.25, -0.2) is 26.3 Å². The Balaban J connectivity index is 1.83. The molecule has 158 valence electrons. The third-order valence-corrected chi connectivity index (χ3v) is 7.43. The maximum atomic E-state index is 12.9. The molecule has 1 atom stereocenters. The zero-order valence-corrected chi connectivity index (χ0v) is 16.9. The van der Waals surface area contributed by atoms with Crippen molar-refractivity contribution in [3.05, 3.63) is 59.7 Å². The van der Waals surface area contributed by atoms with Gasteiger partial charge in [0.05, 0.1) is 15.4 Å². The van der Waals surface area contributed by atoms with Gasteiger partial charge in [-0.05, 0) is 55.7 Å². The van der Waals surface area contributed by atoms with E-state index in [0.717, 1.165) is 31.0 Å². The smallest absolute Gasteiger partial charge is 0.208 e. The van der Waals surface area contributed by atoms with Crippen molar-refractivity contribution < 1.29 is 30.0 Å². The van der Waals surface area contributed by atoms with Crippen molar-refractivity contribution in [3.8, 4) is 0 Å². The fourth-order valence-electron chi connectivity index (χ4n) is 2.65. The summed E-state index contributed by atoms with van der Waals surface area (Å²) in [5.74, 6) is 0. The molecule has 1 saturated carbocycles. The van der Waals surface area contributed by atoms with Gasteiger partial charge in [0.25, 0.3) is 0 Å². The van der Waals surface area contributed by atoms with Crippen LogP contribution in [-0.4, -0.2) is 22.9 Å². The summed E-state index contributed by atoms with van der Waals surface area (Å²) in [6.45, 7) is 1.41. The van der Waals surface area contributed by atoms with Crippen LogP contribution in [0.5, 0.6) is 0 Å². The highest BCUT2D eigenvalue weighted by Gasteiger charge is 2.31. The van der Waals surface area contributed by atoms with Crippen LogP contribution in [-0.2, 0) is 26.2 Å². The van der Waals surface area contributed by atoms with Crippen LogP contribution >= 0.6 is 0 Å². The first-order chi connectivity index (χ1) is 13.4. The van der Waals surface area contributed by atoms with E-state index in [0.29, 0.717) is 0 Å². The summed E-state index contributed by atoms with van der Waals surface area (Å²) >= 11 is 0. The van der Waals surface area contributed by atoms with Gasteiger partial charge in [0, 0.05) is 12.1 Å². The Morgan fingerprint density at radius 2 is 1.52 bits per heavy atom. The second-order valence-corrected chi connectivity index (χ2v) is 10.3. The summed E-state index contributed by atoms with van der Waals surface area (Å²) in [6.07, 6.45) is -3.09. The number of nitrogens with one attached hydrogen (secondary N) is 2. The normalized spacial score (nSPS) is 16.6. The van der Waals surface area contributed by atoms with Crippen molar-refractivity contribution in [2.75, 3.05) is 0 Å². The molecule has 2 N–H and O–H groups in total. The molecule has 6 nitrogen and oxygen atoms in total. The summed E-state index contributed by atoms with van der Waals surface area (Å²) in [4.78, 5) is -0.492. The van der Waals surface area contributed by atoms with Crippen molar-refractivity contribution in [1.82, 2.24) is 9.44 Å². The Hall–Kier alpha value is -1.95. The maximum Gasteiger partial charge on any atom is 0.416 e. The minimum atomic E-state index is -4.55. The number of halogens is 3. The molecule has 1 fully saturated rings. The predicted molar refractivity (Wildman–Crippen MR) is 100.0 cm³/mol. The summed E-state index contributed by atoms with van der Waals surface area (Å²) in [6, 6.07) is 8.04. The minimum Gasteiger partial charge on any atom is -0.208 e. The quantitative estimate of drug-likeness (QED) is 0.681. The summed E-state index contributed by atoms with van der Waals surface area (Å²) in [5.41, 5.74) is -0.761. The third-order valence-electron chi connectivity index (χ3n) is 4.37. The average molecular weight is 448 g/mol. The second kappa shape index (κ2) is 7.71. The van der Waals surface area contributed by atoms with E-state index in [9.17, 15) is 30.0 Å². The van der Waals surface area contributed by atoms with Crippen LogP contribution in [0.4, 0.5) is 13.2 Å². The monoisotopic (exact) mass is 448 g/mol. The summed E-state index contributed by atoms with van der Waals surface area (Å²) in [7, 11) is -8.02. The lowest BCUT2D eigenvalue weighted by atomic mass is 10.1. The zero-order chi connectivity index (χ0) is 21.4. The van der Waals surface area contributed by atoms with Crippen molar-refractivity contribution >= 4 is 20.0 Å². The third kappa shape index (κ3) is 5.35. The zero-order valence-electron chi connectivity index (χ0n) is 15.3. The predicted octanol–water partition coefficient (Wildman–Crippen LogP) is 3.19. The Kier molecular flexibility index (Phi) is 5.78. The van der Waals surface area contributed by atoms with Crippen molar-refractivity contribution in [1.29, 1.82) is 0 Å². The Morgan fingerprint density at radius 3 is 2.10 bits per heavy atom. The molecule has 0 radical (unpaired) electrons. The molecule has 1 aliphatic carbocycles. The van der Waals surface area contributed by atoms with Gasteiger partial charge in [0.1, 0.15) is 0 Å². The molecule has 0 heterocycles. The van der Waals surface area contributed by atoms with Crippen LogP contribution in [0.15, 0.2) is 58.3 Å². The molecule has 0 amide bonds. The van der Waals surface area contributed by atoms with Gasteiger partial charge >= 0.3 is 6.18 Å². The van der Waals surface area contributed by atoms with Crippen LogP contribution in [0, 0.1) is 0 Å². The van der Waals surface area contributed by atoms with E-state index in [4.69, 9.17) is 0 Å². The van der Waals surface area contributed by atoms with E-state index in [-0.39, 0.29) is 21.4 Å². The summed E-state index contributed by atoms with van der Waals surface area (Å²) in [5, 5.41) is 0. The lowest BCUT2D eigenvalue weighted by molar-refractivity contribution is -0.137.